The molecule has 0 aromatic rings. The Balaban J connectivity index is 1.33. The molecule has 4 fully saturated rings. The molecule has 2 saturated carbocycles. The lowest BCUT2D eigenvalue weighted by atomic mass is 9.71. The Kier molecular flexibility index (Phi) is 6.68. The summed E-state index contributed by atoms with van der Waals surface area (Å²) in [7, 11) is 0. The Labute approximate surface area is 178 Å². The molecular weight excluding hydrogens is 390 g/mol. The van der Waals surface area contributed by atoms with Gasteiger partial charge in [-0.15, -0.1) is 0 Å². The number of hydrogen-bond acceptors (Lipinski definition) is 5. The first-order valence-electron chi connectivity index (χ1n) is 11.8. The topological polar surface area (TPSA) is 74.4 Å². The van der Waals surface area contributed by atoms with E-state index in [-0.39, 0.29) is 35.4 Å². The Morgan fingerprint density at radius 3 is 2.67 bits per heavy atom. The molecule has 2 aliphatic heterocycles. The van der Waals surface area contributed by atoms with Crippen molar-refractivity contribution in [1.29, 1.82) is 0 Å². The number of fused-ring (bicyclic) bond motifs is 1. The summed E-state index contributed by atoms with van der Waals surface area (Å²) in [5, 5.41) is 9.89. The van der Waals surface area contributed by atoms with Crippen molar-refractivity contribution in [2.45, 2.75) is 96.6 Å². The molecule has 0 spiro atoms. The predicted octanol–water partition coefficient (Wildman–Crippen LogP) is 2.75. The van der Waals surface area contributed by atoms with E-state index in [0.29, 0.717) is 17.9 Å². The summed E-state index contributed by atoms with van der Waals surface area (Å²) in [6.45, 7) is 7.61. The molecule has 2 saturated heterocycles. The Morgan fingerprint density at radius 2 is 1.97 bits per heavy atom. The van der Waals surface area contributed by atoms with Crippen LogP contribution >= 0.6 is 0 Å². The van der Waals surface area contributed by atoms with Crippen LogP contribution in [0.3, 0.4) is 0 Å². The average Bonchev–Trinajstić information content (AvgIpc) is 3.37. The molecule has 8 heteroatoms. The number of piperidine rings is 1. The smallest absolute Gasteiger partial charge is 0.279 e. The highest BCUT2D eigenvalue weighted by molar-refractivity contribution is 5.79. The fraction of sp³-hybridized carbons (Fsp3) is 0.955. The Hall–Kier alpha value is -0.830. The fourth-order valence-electron chi connectivity index (χ4n) is 6.30. The number of hydrogen-bond donors (Lipinski definition) is 4. The van der Waals surface area contributed by atoms with Crippen LogP contribution in [0.15, 0.2) is 0 Å². The van der Waals surface area contributed by atoms with Crippen molar-refractivity contribution < 1.29 is 18.4 Å². The van der Waals surface area contributed by atoms with E-state index in [1.807, 2.05) is 0 Å². The van der Waals surface area contributed by atoms with Crippen LogP contribution in [-0.4, -0.2) is 43.4 Å². The minimum absolute atomic E-state index is 0.0943. The lowest BCUT2D eigenvalue weighted by Crippen LogP contribution is -2.59. The number of alkyl halides is 2. The normalized spacial score (nSPS) is 46.7. The van der Waals surface area contributed by atoms with Crippen LogP contribution in [0.1, 0.15) is 65.7 Å². The van der Waals surface area contributed by atoms with Gasteiger partial charge >= 0.3 is 0 Å². The number of nitrogens with one attached hydrogen (secondary N) is 4. The summed E-state index contributed by atoms with van der Waals surface area (Å²) < 4.78 is 25.7. The molecule has 172 valence electrons. The molecule has 0 aromatic carbocycles. The monoisotopic (exact) mass is 428 g/mol. The van der Waals surface area contributed by atoms with Crippen molar-refractivity contribution in [2.24, 2.45) is 29.1 Å². The second kappa shape index (κ2) is 8.96. The highest BCUT2D eigenvalue weighted by Gasteiger charge is 2.47. The molecule has 0 bridgehead atoms. The highest BCUT2D eigenvalue weighted by Crippen LogP contribution is 2.48. The highest BCUT2D eigenvalue weighted by atomic mass is 19.3. The molecule has 4 N–H and O–H groups in total. The molecule has 0 aromatic heterocycles. The van der Waals surface area contributed by atoms with Crippen LogP contribution in [0.4, 0.5) is 8.78 Å². The van der Waals surface area contributed by atoms with E-state index >= 15 is 0 Å². The molecule has 4 aliphatic rings. The number of hydroxylamine groups is 1. The van der Waals surface area contributed by atoms with Crippen LogP contribution in [0, 0.1) is 29.1 Å². The fourth-order valence-corrected chi connectivity index (χ4v) is 6.30. The summed E-state index contributed by atoms with van der Waals surface area (Å²) >= 11 is 0. The number of rotatable bonds is 5. The van der Waals surface area contributed by atoms with Crippen molar-refractivity contribution in [2.75, 3.05) is 6.54 Å². The number of halogens is 2. The summed E-state index contributed by atoms with van der Waals surface area (Å²) in [4.78, 5) is 18.3. The van der Waals surface area contributed by atoms with Crippen LogP contribution in [0.5, 0.6) is 0 Å². The van der Waals surface area contributed by atoms with E-state index in [2.05, 4.69) is 42.2 Å². The van der Waals surface area contributed by atoms with Gasteiger partial charge in [-0.1, -0.05) is 13.8 Å². The van der Waals surface area contributed by atoms with Crippen molar-refractivity contribution in [3.05, 3.63) is 0 Å². The predicted molar refractivity (Wildman–Crippen MR) is 110 cm³/mol. The van der Waals surface area contributed by atoms with Crippen molar-refractivity contribution >= 4 is 5.91 Å². The van der Waals surface area contributed by atoms with Crippen LogP contribution in [0.2, 0.25) is 0 Å². The van der Waals surface area contributed by atoms with Crippen LogP contribution < -0.4 is 21.4 Å². The molecule has 6 nitrogen and oxygen atoms in total. The molecule has 2 heterocycles. The summed E-state index contributed by atoms with van der Waals surface area (Å²) in [6, 6.07) is 0.643. The lowest BCUT2D eigenvalue weighted by molar-refractivity contribution is -0.128. The number of carbonyl (C=O) groups is 1. The second-order valence-corrected chi connectivity index (χ2v) is 10.4. The van der Waals surface area contributed by atoms with Crippen LogP contribution in [-0.2, 0) is 9.63 Å². The minimum Gasteiger partial charge on any atom is -0.352 e. The summed E-state index contributed by atoms with van der Waals surface area (Å²) in [6.07, 6.45) is 2.92. The number of amides is 1. The van der Waals surface area contributed by atoms with Gasteiger partial charge in [0.25, 0.3) is 6.43 Å². The van der Waals surface area contributed by atoms with Gasteiger partial charge in [0, 0.05) is 30.0 Å². The zero-order valence-corrected chi connectivity index (χ0v) is 18.4. The van der Waals surface area contributed by atoms with Gasteiger partial charge in [0.05, 0.1) is 6.17 Å². The second-order valence-electron chi connectivity index (χ2n) is 10.4. The van der Waals surface area contributed by atoms with Crippen molar-refractivity contribution in [3.8, 4) is 0 Å². The van der Waals surface area contributed by atoms with Gasteiger partial charge in [-0.2, -0.15) is 5.48 Å². The maximum atomic E-state index is 13.3. The molecule has 4 rings (SSSR count). The largest absolute Gasteiger partial charge is 0.352 e. The lowest BCUT2D eigenvalue weighted by Gasteiger charge is -2.45. The van der Waals surface area contributed by atoms with Gasteiger partial charge < -0.3 is 10.6 Å². The zero-order valence-electron chi connectivity index (χ0n) is 18.4. The summed E-state index contributed by atoms with van der Waals surface area (Å²) in [5.41, 5.74) is 2.87. The third kappa shape index (κ3) is 4.38. The molecule has 9 unspecified atom stereocenters. The Bertz CT molecular complexity index is 624. The molecular formula is C22H38F2N4O2. The molecule has 0 radical (unpaired) electrons. The third-order valence-electron chi connectivity index (χ3n) is 8.56. The van der Waals surface area contributed by atoms with Gasteiger partial charge in [0.2, 0.25) is 5.91 Å². The van der Waals surface area contributed by atoms with E-state index in [9.17, 15) is 13.6 Å². The van der Waals surface area contributed by atoms with E-state index in [1.165, 1.54) is 0 Å². The van der Waals surface area contributed by atoms with Gasteiger partial charge in [0.1, 0.15) is 0 Å². The summed E-state index contributed by atoms with van der Waals surface area (Å²) in [5.74, 6) is 1.51. The number of carbonyl (C=O) groups excluding carboxylic acids is 1. The molecule has 1 amide bonds. The van der Waals surface area contributed by atoms with Crippen molar-refractivity contribution in [1.82, 2.24) is 21.4 Å². The van der Waals surface area contributed by atoms with Gasteiger partial charge in [-0.3, -0.25) is 14.9 Å². The SMILES string of the molecule is CCC1(C)CNC(C)CC1NC(=O)C1CCC2CC(C3NOC(C(F)F)N3)CCC21. The third-order valence-corrected chi connectivity index (χ3v) is 8.56. The Morgan fingerprint density at radius 1 is 1.20 bits per heavy atom. The van der Waals surface area contributed by atoms with Gasteiger partial charge in [-0.05, 0) is 69.6 Å². The zero-order chi connectivity index (χ0) is 21.5. The first-order valence-corrected chi connectivity index (χ1v) is 11.8. The quantitative estimate of drug-likeness (QED) is 0.542. The van der Waals surface area contributed by atoms with Gasteiger partial charge in [-0.25, -0.2) is 8.78 Å². The average molecular weight is 429 g/mol. The van der Waals surface area contributed by atoms with E-state index in [4.69, 9.17) is 4.84 Å². The standard InChI is InChI=1S/C22H38F2N4O2/c1-4-22(3)11-25-12(2)9-17(22)26-20(29)16-8-5-13-10-14(6-7-15(13)16)19-27-21(18(23)24)30-28-19/h12-19,21,25,27-28H,4-11H2,1-3H3,(H,26,29). The van der Waals surface area contributed by atoms with Crippen LogP contribution in [0.25, 0.3) is 0 Å². The molecule has 2 aliphatic carbocycles. The molecule has 9 atom stereocenters. The minimum atomic E-state index is -2.54. The van der Waals surface area contributed by atoms with E-state index in [1.54, 1.807) is 0 Å². The maximum absolute atomic E-state index is 13.3. The van der Waals surface area contributed by atoms with Crippen molar-refractivity contribution in [3.63, 3.8) is 0 Å². The first kappa shape index (κ1) is 22.4. The first-order chi connectivity index (χ1) is 14.3. The van der Waals surface area contributed by atoms with E-state index < -0.39 is 12.7 Å². The molecule has 30 heavy (non-hydrogen) atoms. The van der Waals surface area contributed by atoms with Gasteiger partial charge in [0.15, 0.2) is 6.23 Å². The maximum Gasteiger partial charge on any atom is 0.279 e. The van der Waals surface area contributed by atoms with E-state index in [0.717, 1.165) is 51.5 Å².